The number of hydrogen-bond donors (Lipinski definition) is 1. The van der Waals surface area contributed by atoms with Gasteiger partial charge >= 0.3 is 0 Å². The number of nitrogens with one attached hydrogen (secondary N) is 1. The van der Waals surface area contributed by atoms with E-state index in [4.69, 9.17) is 11.6 Å². The highest BCUT2D eigenvalue weighted by Crippen LogP contribution is 2.39. The van der Waals surface area contributed by atoms with Gasteiger partial charge in [-0.3, -0.25) is 24.2 Å². The molecule has 1 aliphatic heterocycles. The summed E-state index contributed by atoms with van der Waals surface area (Å²) in [5, 5.41) is 2.68. The predicted molar refractivity (Wildman–Crippen MR) is 144 cm³/mol. The summed E-state index contributed by atoms with van der Waals surface area (Å²) in [5.74, 6) is -5.56. The van der Waals surface area contributed by atoms with Gasteiger partial charge in [-0.2, -0.15) is 0 Å². The first-order valence-electron chi connectivity index (χ1n) is 12.9. The van der Waals surface area contributed by atoms with Gasteiger partial charge in [-0.25, -0.2) is 22.5 Å². The second-order valence-corrected chi connectivity index (χ2v) is 10.4. The van der Waals surface area contributed by atoms with Crippen LogP contribution >= 0.6 is 11.6 Å². The molecule has 3 amide bonds. The number of hydrogen-bond acceptors (Lipinski definition) is 4. The highest BCUT2D eigenvalue weighted by molar-refractivity contribution is 6.31. The van der Waals surface area contributed by atoms with E-state index in [2.05, 4.69) is 10.3 Å². The Kier molecular flexibility index (Phi) is 7.99. The maximum absolute atomic E-state index is 14.5. The van der Waals surface area contributed by atoms with Crippen LogP contribution in [0, 0.1) is 5.82 Å². The second kappa shape index (κ2) is 11.5. The molecule has 3 aromatic rings. The fourth-order valence-corrected chi connectivity index (χ4v) is 5.45. The number of anilines is 2. The van der Waals surface area contributed by atoms with Gasteiger partial charge in [0.25, 0.3) is 11.8 Å². The molecular weight excluding hydrogens is 564 g/mol. The van der Waals surface area contributed by atoms with Crippen molar-refractivity contribution >= 4 is 40.8 Å². The molecule has 41 heavy (non-hydrogen) atoms. The minimum atomic E-state index is -2.91. The second-order valence-electron chi connectivity index (χ2n) is 10.0. The van der Waals surface area contributed by atoms with Gasteiger partial charge in [0.15, 0.2) is 0 Å². The van der Waals surface area contributed by atoms with E-state index in [1.54, 1.807) is 12.1 Å². The van der Waals surface area contributed by atoms with E-state index >= 15 is 0 Å². The summed E-state index contributed by atoms with van der Waals surface area (Å²) < 4.78 is 55.0. The Hall–Kier alpha value is -3.99. The molecule has 1 saturated heterocycles. The third-order valence-corrected chi connectivity index (χ3v) is 7.48. The van der Waals surface area contributed by atoms with Crippen LogP contribution in [0.1, 0.15) is 43.0 Å². The molecule has 5 rings (SSSR count). The fourth-order valence-electron chi connectivity index (χ4n) is 5.21. The van der Waals surface area contributed by atoms with Gasteiger partial charge in [0.1, 0.15) is 30.4 Å². The number of pyridine rings is 1. The molecule has 2 aromatic carbocycles. The molecule has 2 atom stereocenters. The average molecular weight is 589 g/mol. The molecule has 7 nitrogen and oxygen atoms in total. The SMILES string of the molecule is O=C(NC1CC(F)(F)C1)[C@H](c1ccccc1Cl)N(C(=O)[C@@H]1CCC(=O)N1c1cccc(CF)n1)c1cccc(F)c1. The Bertz CT molecular complexity index is 1480. The zero-order chi connectivity index (χ0) is 29.3. The number of amides is 3. The molecule has 2 fully saturated rings. The highest BCUT2D eigenvalue weighted by atomic mass is 35.5. The van der Waals surface area contributed by atoms with E-state index in [0.717, 1.165) is 21.9 Å². The minimum absolute atomic E-state index is 0.0150. The maximum Gasteiger partial charge on any atom is 0.252 e. The summed E-state index contributed by atoms with van der Waals surface area (Å²) in [4.78, 5) is 47.5. The van der Waals surface area contributed by atoms with Crippen molar-refractivity contribution in [2.24, 2.45) is 0 Å². The van der Waals surface area contributed by atoms with Crippen LogP contribution in [0.3, 0.4) is 0 Å². The van der Waals surface area contributed by atoms with Crippen LogP contribution in [0.15, 0.2) is 66.7 Å². The van der Waals surface area contributed by atoms with E-state index in [-0.39, 0.29) is 40.6 Å². The van der Waals surface area contributed by atoms with Crippen LogP contribution in [0.2, 0.25) is 5.02 Å². The number of benzene rings is 2. The normalized spacial score (nSPS) is 19.0. The number of nitrogens with zero attached hydrogens (tertiary/aromatic N) is 3. The Balaban J connectivity index is 1.60. The van der Waals surface area contributed by atoms with E-state index in [0.29, 0.717) is 0 Å². The van der Waals surface area contributed by atoms with Crippen molar-refractivity contribution in [3.63, 3.8) is 0 Å². The standard InChI is InChI=1S/C29H25ClF4N4O3/c30-22-9-2-1-8-21(22)26(27(40)36-19-14-29(33,34)15-19)37(20-7-3-5-17(32)13-20)28(41)23-11-12-25(39)38(23)24-10-4-6-18(16-31)35-24/h1-10,13,19,23,26H,11-12,14-16H2,(H,36,40)/t23-,26-/m0/s1. The number of rotatable bonds is 8. The molecule has 0 radical (unpaired) electrons. The number of aromatic nitrogens is 1. The molecule has 0 unspecified atom stereocenters. The lowest BCUT2D eigenvalue weighted by Crippen LogP contribution is -2.56. The number of carbonyl (C=O) groups excluding carboxylic acids is 3. The zero-order valence-corrected chi connectivity index (χ0v) is 22.3. The van der Waals surface area contributed by atoms with Crippen molar-refractivity contribution in [2.45, 2.75) is 56.4 Å². The monoisotopic (exact) mass is 588 g/mol. The van der Waals surface area contributed by atoms with Gasteiger partial charge in [-0.1, -0.05) is 41.9 Å². The molecule has 2 aliphatic rings. The van der Waals surface area contributed by atoms with Gasteiger partial charge in [0.05, 0.1) is 5.69 Å². The molecule has 1 aromatic heterocycles. The summed E-state index contributed by atoms with van der Waals surface area (Å²) >= 11 is 6.48. The third kappa shape index (κ3) is 5.90. The van der Waals surface area contributed by atoms with Crippen molar-refractivity contribution in [3.05, 3.63) is 88.8 Å². The molecule has 214 valence electrons. The summed E-state index contributed by atoms with van der Waals surface area (Å²) in [6.07, 6.45) is -1.13. The van der Waals surface area contributed by atoms with Gasteiger partial charge in [0.2, 0.25) is 11.8 Å². The van der Waals surface area contributed by atoms with Crippen molar-refractivity contribution in [2.75, 3.05) is 9.80 Å². The molecule has 1 saturated carbocycles. The summed E-state index contributed by atoms with van der Waals surface area (Å²) in [7, 11) is 0. The lowest BCUT2D eigenvalue weighted by atomic mass is 9.87. The summed E-state index contributed by atoms with van der Waals surface area (Å²) in [6, 6.07) is 12.1. The van der Waals surface area contributed by atoms with Crippen LogP contribution in [0.25, 0.3) is 0 Å². The highest BCUT2D eigenvalue weighted by Gasteiger charge is 2.48. The molecule has 1 aliphatic carbocycles. The number of alkyl halides is 3. The molecule has 12 heteroatoms. The third-order valence-electron chi connectivity index (χ3n) is 7.14. The van der Waals surface area contributed by atoms with Crippen LogP contribution < -0.4 is 15.1 Å². The first-order chi connectivity index (χ1) is 19.6. The largest absolute Gasteiger partial charge is 0.351 e. The van der Waals surface area contributed by atoms with Gasteiger partial charge < -0.3 is 5.32 Å². The van der Waals surface area contributed by atoms with Crippen LogP contribution in [-0.2, 0) is 21.1 Å². The van der Waals surface area contributed by atoms with Gasteiger partial charge in [0, 0.05) is 41.6 Å². The Morgan fingerprint density at radius 2 is 1.83 bits per heavy atom. The predicted octanol–water partition coefficient (Wildman–Crippen LogP) is 5.53. The average Bonchev–Trinajstić information content (AvgIpc) is 3.32. The lowest BCUT2D eigenvalue weighted by Gasteiger charge is -2.39. The van der Waals surface area contributed by atoms with Gasteiger partial charge in [-0.15, -0.1) is 0 Å². The Morgan fingerprint density at radius 3 is 2.51 bits per heavy atom. The van der Waals surface area contributed by atoms with Crippen molar-refractivity contribution < 1.29 is 31.9 Å². The van der Waals surface area contributed by atoms with Gasteiger partial charge in [-0.05, 0) is 42.8 Å². The summed E-state index contributed by atoms with van der Waals surface area (Å²) in [5.41, 5.74) is 0.212. The molecule has 1 N–H and O–H groups in total. The lowest BCUT2D eigenvalue weighted by molar-refractivity contribution is -0.133. The van der Waals surface area contributed by atoms with E-state index in [9.17, 15) is 31.9 Å². The van der Waals surface area contributed by atoms with Crippen LogP contribution in [-0.4, -0.2) is 40.7 Å². The van der Waals surface area contributed by atoms with E-state index in [1.165, 1.54) is 42.5 Å². The molecular formula is C29H25ClF4N4O3. The molecule has 0 spiro atoms. The van der Waals surface area contributed by atoms with Crippen molar-refractivity contribution in [1.29, 1.82) is 0 Å². The summed E-state index contributed by atoms with van der Waals surface area (Å²) in [6.45, 7) is -0.890. The topological polar surface area (TPSA) is 82.6 Å². The first kappa shape index (κ1) is 28.5. The first-order valence-corrected chi connectivity index (χ1v) is 13.3. The number of halogens is 5. The molecule has 2 heterocycles. The zero-order valence-electron chi connectivity index (χ0n) is 21.6. The van der Waals surface area contributed by atoms with Crippen LogP contribution in [0.4, 0.5) is 29.1 Å². The minimum Gasteiger partial charge on any atom is -0.351 e. The quantitative estimate of drug-likeness (QED) is 0.351. The molecule has 0 bridgehead atoms. The van der Waals surface area contributed by atoms with E-state index in [1.807, 2.05) is 0 Å². The fraction of sp³-hybridized carbons (Fsp3) is 0.310. The number of carbonyl (C=O) groups is 3. The Labute approximate surface area is 238 Å². The van der Waals surface area contributed by atoms with E-state index < -0.39 is 67.1 Å². The maximum atomic E-state index is 14.5. The smallest absolute Gasteiger partial charge is 0.252 e. The van der Waals surface area contributed by atoms with Crippen molar-refractivity contribution in [1.82, 2.24) is 10.3 Å². The van der Waals surface area contributed by atoms with Crippen LogP contribution in [0.5, 0.6) is 0 Å². The Morgan fingerprint density at radius 1 is 1.10 bits per heavy atom. The van der Waals surface area contributed by atoms with Crippen molar-refractivity contribution in [3.8, 4) is 0 Å².